The van der Waals surface area contributed by atoms with Crippen LogP contribution in [0.2, 0.25) is 0 Å². The molecule has 302 valence electrons. The maximum absolute atomic E-state index is 6.61. The SMILES string of the molecule is CC1(C)c2ccccc2-c2ccc(-c3nc(-c4ccc(-c5ccccc5)cc4)nc(-c4cccc(-c5ccc6c(c5)oc5cccc(-c7cccc(-c8ccccc8)c7)c56)c4)n3)cc21. The minimum absolute atomic E-state index is 0.155. The molecular weight excluding hydrogens is 779 g/mol. The van der Waals surface area contributed by atoms with E-state index in [1.807, 2.05) is 6.07 Å². The van der Waals surface area contributed by atoms with Crippen molar-refractivity contribution in [2.75, 3.05) is 0 Å². The monoisotopic (exact) mass is 819 g/mol. The third-order valence-electron chi connectivity index (χ3n) is 13.0. The first-order valence-electron chi connectivity index (χ1n) is 21.8. The number of benzene rings is 9. The van der Waals surface area contributed by atoms with Crippen molar-refractivity contribution < 1.29 is 4.42 Å². The second kappa shape index (κ2) is 15.0. The second-order valence-corrected chi connectivity index (χ2v) is 17.2. The Labute approximate surface area is 372 Å². The van der Waals surface area contributed by atoms with E-state index in [0.29, 0.717) is 17.5 Å². The number of nitrogens with zero attached hydrogens (tertiary/aromatic N) is 3. The van der Waals surface area contributed by atoms with Gasteiger partial charge in [0.1, 0.15) is 11.2 Å². The van der Waals surface area contributed by atoms with Crippen LogP contribution in [0.25, 0.3) is 112 Å². The fourth-order valence-corrected chi connectivity index (χ4v) is 9.63. The van der Waals surface area contributed by atoms with E-state index in [0.717, 1.165) is 66.4 Å². The van der Waals surface area contributed by atoms with Crippen LogP contribution in [0.5, 0.6) is 0 Å². The van der Waals surface area contributed by atoms with E-state index in [2.05, 4.69) is 220 Å². The molecule has 12 rings (SSSR count). The molecule has 0 bridgehead atoms. The van der Waals surface area contributed by atoms with Crippen LogP contribution in [0.4, 0.5) is 0 Å². The molecule has 0 aliphatic heterocycles. The lowest BCUT2D eigenvalue weighted by Gasteiger charge is -2.21. The summed E-state index contributed by atoms with van der Waals surface area (Å²) >= 11 is 0. The zero-order chi connectivity index (χ0) is 42.8. The minimum Gasteiger partial charge on any atom is -0.456 e. The Balaban J connectivity index is 0.943. The molecule has 9 aromatic carbocycles. The molecule has 0 atom stereocenters. The van der Waals surface area contributed by atoms with Gasteiger partial charge in [-0.05, 0) is 103 Å². The van der Waals surface area contributed by atoms with Gasteiger partial charge in [-0.2, -0.15) is 0 Å². The Morgan fingerprint density at radius 2 is 0.781 bits per heavy atom. The smallest absolute Gasteiger partial charge is 0.164 e. The first-order valence-corrected chi connectivity index (χ1v) is 21.8. The van der Waals surface area contributed by atoms with Gasteiger partial charge in [-0.25, -0.2) is 15.0 Å². The van der Waals surface area contributed by atoms with Gasteiger partial charge in [0.2, 0.25) is 0 Å². The molecule has 2 aromatic heterocycles. The van der Waals surface area contributed by atoms with Crippen molar-refractivity contribution >= 4 is 21.9 Å². The topological polar surface area (TPSA) is 51.8 Å². The summed E-state index contributed by atoms with van der Waals surface area (Å²) in [4.78, 5) is 15.6. The van der Waals surface area contributed by atoms with Gasteiger partial charge in [0, 0.05) is 32.9 Å². The van der Waals surface area contributed by atoms with Crippen LogP contribution in [0, 0.1) is 0 Å². The lowest BCUT2D eigenvalue weighted by molar-refractivity contribution is 0.660. The van der Waals surface area contributed by atoms with Gasteiger partial charge in [-0.1, -0.05) is 190 Å². The molecule has 2 heterocycles. The summed E-state index contributed by atoms with van der Waals surface area (Å²) in [5.41, 5.74) is 18.6. The zero-order valence-corrected chi connectivity index (χ0v) is 35.5. The molecule has 1 aliphatic rings. The molecule has 0 saturated carbocycles. The van der Waals surface area contributed by atoms with E-state index in [4.69, 9.17) is 19.4 Å². The molecular formula is C60H41N3O. The summed E-state index contributed by atoms with van der Waals surface area (Å²) in [6.07, 6.45) is 0. The Bertz CT molecular complexity index is 3570. The van der Waals surface area contributed by atoms with E-state index in [1.54, 1.807) is 0 Å². The van der Waals surface area contributed by atoms with Crippen molar-refractivity contribution in [2.24, 2.45) is 0 Å². The Morgan fingerprint density at radius 3 is 1.53 bits per heavy atom. The van der Waals surface area contributed by atoms with Crippen LogP contribution >= 0.6 is 0 Å². The lowest BCUT2D eigenvalue weighted by atomic mass is 9.82. The van der Waals surface area contributed by atoms with Crippen LogP contribution in [0.15, 0.2) is 217 Å². The minimum atomic E-state index is -0.155. The first kappa shape index (κ1) is 37.5. The highest BCUT2D eigenvalue weighted by Crippen LogP contribution is 2.49. The molecule has 0 amide bonds. The van der Waals surface area contributed by atoms with Crippen molar-refractivity contribution in [3.63, 3.8) is 0 Å². The van der Waals surface area contributed by atoms with Crippen molar-refractivity contribution in [3.05, 3.63) is 223 Å². The number of furan rings is 1. The Morgan fingerprint density at radius 1 is 0.312 bits per heavy atom. The predicted molar refractivity (Wildman–Crippen MR) is 263 cm³/mol. The molecule has 0 radical (unpaired) electrons. The van der Waals surface area contributed by atoms with Crippen molar-refractivity contribution in [1.82, 2.24) is 15.0 Å². The van der Waals surface area contributed by atoms with Crippen molar-refractivity contribution in [2.45, 2.75) is 19.3 Å². The van der Waals surface area contributed by atoms with Gasteiger partial charge < -0.3 is 4.42 Å². The molecule has 0 spiro atoms. The molecule has 0 N–H and O–H groups in total. The summed E-state index contributed by atoms with van der Waals surface area (Å²) in [6, 6.07) is 75.0. The predicted octanol–water partition coefficient (Wildman–Crippen LogP) is 15.7. The van der Waals surface area contributed by atoms with Gasteiger partial charge in [-0.15, -0.1) is 0 Å². The summed E-state index contributed by atoms with van der Waals surface area (Å²) < 4.78 is 6.61. The second-order valence-electron chi connectivity index (χ2n) is 17.2. The molecule has 4 nitrogen and oxygen atoms in total. The molecule has 64 heavy (non-hydrogen) atoms. The molecule has 4 heteroatoms. The average Bonchev–Trinajstić information content (AvgIpc) is 3.85. The highest BCUT2D eigenvalue weighted by molar-refractivity contribution is 6.13. The molecule has 1 aliphatic carbocycles. The molecule has 0 saturated heterocycles. The highest BCUT2D eigenvalue weighted by Gasteiger charge is 2.35. The van der Waals surface area contributed by atoms with Crippen LogP contribution in [-0.4, -0.2) is 15.0 Å². The maximum Gasteiger partial charge on any atom is 0.164 e. The van der Waals surface area contributed by atoms with Crippen LogP contribution in [0.1, 0.15) is 25.0 Å². The standard InChI is InChI=1S/C60H41N3O/c1-60(2)52-24-10-9-22-49(52)50-32-31-47(36-53(50)60)59-62-57(41-28-26-40(27-29-41)38-14-5-3-6-15-38)61-58(63-59)46-21-12-19-43(35-46)44-30-33-51-55(37-44)64-54-25-13-23-48(56(51)54)45-20-11-18-42(34-45)39-16-7-4-8-17-39/h3-37H,1-2H3. The molecule has 11 aromatic rings. The van der Waals surface area contributed by atoms with E-state index >= 15 is 0 Å². The summed E-state index contributed by atoms with van der Waals surface area (Å²) in [5.74, 6) is 1.88. The normalized spacial score (nSPS) is 12.7. The quantitative estimate of drug-likeness (QED) is 0.161. The largest absolute Gasteiger partial charge is 0.456 e. The molecule has 0 unspecified atom stereocenters. The van der Waals surface area contributed by atoms with Gasteiger partial charge in [0.25, 0.3) is 0 Å². The summed E-state index contributed by atoms with van der Waals surface area (Å²) in [6.45, 7) is 4.61. The molecule has 0 fully saturated rings. The number of aromatic nitrogens is 3. The fourth-order valence-electron chi connectivity index (χ4n) is 9.63. The zero-order valence-electron chi connectivity index (χ0n) is 35.5. The van der Waals surface area contributed by atoms with Gasteiger partial charge in [0.05, 0.1) is 0 Å². The Hall–Kier alpha value is -8.21. The van der Waals surface area contributed by atoms with Crippen LogP contribution in [-0.2, 0) is 5.41 Å². The Kier molecular flexibility index (Phi) is 8.80. The van der Waals surface area contributed by atoms with Crippen molar-refractivity contribution in [3.8, 4) is 89.8 Å². The van der Waals surface area contributed by atoms with Gasteiger partial charge in [-0.3, -0.25) is 0 Å². The highest BCUT2D eigenvalue weighted by atomic mass is 16.3. The van der Waals surface area contributed by atoms with Crippen LogP contribution < -0.4 is 0 Å². The third kappa shape index (κ3) is 6.42. The van der Waals surface area contributed by atoms with Crippen molar-refractivity contribution in [1.29, 1.82) is 0 Å². The summed E-state index contributed by atoms with van der Waals surface area (Å²) in [5, 5.41) is 2.20. The van der Waals surface area contributed by atoms with Crippen LogP contribution in [0.3, 0.4) is 0 Å². The van der Waals surface area contributed by atoms with E-state index in [9.17, 15) is 0 Å². The fraction of sp³-hybridized carbons (Fsp3) is 0.0500. The van der Waals surface area contributed by atoms with E-state index in [1.165, 1.54) is 38.9 Å². The number of hydrogen-bond acceptors (Lipinski definition) is 4. The average molecular weight is 820 g/mol. The number of rotatable bonds is 7. The lowest BCUT2D eigenvalue weighted by Crippen LogP contribution is -2.15. The first-order chi connectivity index (χ1) is 31.4. The summed E-state index contributed by atoms with van der Waals surface area (Å²) in [7, 11) is 0. The third-order valence-corrected chi connectivity index (χ3v) is 13.0. The van der Waals surface area contributed by atoms with Gasteiger partial charge in [0.15, 0.2) is 17.5 Å². The van der Waals surface area contributed by atoms with E-state index in [-0.39, 0.29) is 5.41 Å². The van der Waals surface area contributed by atoms with Gasteiger partial charge >= 0.3 is 0 Å². The number of fused-ring (bicyclic) bond motifs is 6. The van der Waals surface area contributed by atoms with E-state index < -0.39 is 0 Å². The number of hydrogen-bond donors (Lipinski definition) is 0. The maximum atomic E-state index is 6.61.